The molecule has 4 nitrogen and oxygen atoms in total. The first-order chi connectivity index (χ1) is 10.2. The van der Waals surface area contributed by atoms with Gasteiger partial charge in [-0.05, 0) is 24.1 Å². The molecule has 1 aliphatic rings. The molecule has 0 aliphatic carbocycles. The average molecular weight is 289 g/mol. The van der Waals surface area contributed by atoms with E-state index in [0.717, 1.165) is 24.3 Å². The minimum atomic E-state index is -0.347. The number of benzene rings is 1. The summed E-state index contributed by atoms with van der Waals surface area (Å²) in [5.41, 5.74) is 0.869. The number of amides is 2. The maximum atomic E-state index is 11.6. The molecule has 0 spiro atoms. The highest BCUT2D eigenvalue weighted by atomic mass is 16.5. The molecule has 4 heteroatoms. The van der Waals surface area contributed by atoms with Gasteiger partial charge in [0.15, 0.2) is 0 Å². The van der Waals surface area contributed by atoms with Crippen molar-refractivity contribution in [1.29, 1.82) is 0 Å². The smallest absolute Gasteiger partial charge is 0.234 e. The fraction of sp³-hybridized carbons (Fsp3) is 0.529. The van der Waals surface area contributed by atoms with E-state index in [1.807, 2.05) is 24.3 Å². The van der Waals surface area contributed by atoms with Gasteiger partial charge in [0.05, 0.1) is 12.5 Å². The molecular formula is C17H23NO3. The quantitative estimate of drug-likeness (QED) is 0.591. The summed E-state index contributed by atoms with van der Waals surface area (Å²) in [7, 11) is 0. The summed E-state index contributed by atoms with van der Waals surface area (Å²) in [5, 5.41) is 2.33. The molecule has 0 aromatic heterocycles. The zero-order valence-electron chi connectivity index (χ0n) is 12.6. The van der Waals surface area contributed by atoms with Gasteiger partial charge in [0, 0.05) is 6.42 Å². The van der Waals surface area contributed by atoms with Crippen LogP contribution in [-0.2, 0) is 9.59 Å². The van der Waals surface area contributed by atoms with Crippen LogP contribution in [0.1, 0.15) is 56.9 Å². The van der Waals surface area contributed by atoms with Crippen LogP contribution in [0.15, 0.2) is 24.3 Å². The second-order valence-corrected chi connectivity index (χ2v) is 5.50. The Labute approximate surface area is 125 Å². The molecule has 21 heavy (non-hydrogen) atoms. The molecule has 1 atom stereocenters. The zero-order chi connectivity index (χ0) is 15.1. The summed E-state index contributed by atoms with van der Waals surface area (Å²) in [6.45, 7) is 2.93. The molecule has 1 fully saturated rings. The van der Waals surface area contributed by atoms with Crippen molar-refractivity contribution in [3.63, 3.8) is 0 Å². The predicted octanol–water partition coefficient (Wildman–Crippen LogP) is 3.17. The normalized spacial score (nSPS) is 17.9. The second-order valence-electron chi connectivity index (χ2n) is 5.50. The monoisotopic (exact) mass is 289 g/mol. The van der Waals surface area contributed by atoms with Gasteiger partial charge in [0.2, 0.25) is 11.8 Å². The van der Waals surface area contributed by atoms with E-state index in [1.54, 1.807) is 0 Å². The lowest BCUT2D eigenvalue weighted by Crippen LogP contribution is -2.21. The van der Waals surface area contributed by atoms with Crippen molar-refractivity contribution in [3.8, 4) is 5.75 Å². The van der Waals surface area contributed by atoms with Crippen LogP contribution < -0.4 is 10.1 Å². The van der Waals surface area contributed by atoms with E-state index in [1.165, 1.54) is 25.7 Å². The van der Waals surface area contributed by atoms with Crippen LogP contribution in [0.5, 0.6) is 5.75 Å². The van der Waals surface area contributed by atoms with E-state index < -0.39 is 0 Å². The van der Waals surface area contributed by atoms with E-state index in [2.05, 4.69) is 12.2 Å². The Morgan fingerprint density at radius 2 is 1.81 bits per heavy atom. The first-order valence-electron chi connectivity index (χ1n) is 7.77. The number of nitrogens with one attached hydrogen (secondary N) is 1. The van der Waals surface area contributed by atoms with Gasteiger partial charge in [-0.15, -0.1) is 0 Å². The largest absolute Gasteiger partial charge is 0.494 e. The lowest BCUT2D eigenvalue weighted by atomic mass is 9.98. The minimum Gasteiger partial charge on any atom is -0.494 e. The molecule has 0 radical (unpaired) electrons. The van der Waals surface area contributed by atoms with Crippen LogP contribution in [0.4, 0.5) is 0 Å². The molecule has 1 aromatic rings. The molecule has 1 aromatic carbocycles. The van der Waals surface area contributed by atoms with E-state index in [-0.39, 0.29) is 24.2 Å². The third-order valence-corrected chi connectivity index (χ3v) is 3.77. The Bertz CT molecular complexity index is 481. The van der Waals surface area contributed by atoms with Crippen molar-refractivity contribution < 1.29 is 14.3 Å². The first-order valence-corrected chi connectivity index (χ1v) is 7.77. The van der Waals surface area contributed by atoms with Crippen LogP contribution in [0.3, 0.4) is 0 Å². The number of imide groups is 1. The van der Waals surface area contributed by atoms with Gasteiger partial charge in [0.25, 0.3) is 0 Å². The predicted molar refractivity (Wildman–Crippen MR) is 81.2 cm³/mol. The van der Waals surface area contributed by atoms with Crippen LogP contribution in [-0.4, -0.2) is 18.4 Å². The number of carbonyl (C=O) groups is 2. The standard InChI is InChI=1S/C17H23NO3/c1-2-3-4-5-6-11-21-14-9-7-13(8-10-14)15-12-16(19)18-17(15)20/h7-10,15H,2-6,11-12H2,1H3,(H,18,19,20)/t15-/m0/s1. The van der Waals surface area contributed by atoms with Crippen LogP contribution >= 0.6 is 0 Å². The van der Waals surface area contributed by atoms with Gasteiger partial charge >= 0.3 is 0 Å². The maximum Gasteiger partial charge on any atom is 0.234 e. The van der Waals surface area contributed by atoms with Gasteiger partial charge < -0.3 is 4.74 Å². The summed E-state index contributed by atoms with van der Waals surface area (Å²) in [5.74, 6) is 0.0709. The number of unbranched alkanes of at least 4 members (excludes halogenated alkanes) is 4. The van der Waals surface area contributed by atoms with Gasteiger partial charge in [-0.3, -0.25) is 14.9 Å². The lowest BCUT2D eigenvalue weighted by Gasteiger charge is -2.09. The van der Waals surface area contributed by atoms with Gasteiger partial charge in [-0.1, -0.05) is 44.7 Å². The molecule has 0 saturated carbocycles. The second kappa shape index (κ2) is 7.81. The van der Waals surface area contributed by atoms with E-state index in [4.69, 9.17) is 4.74 Å². The Morgan fingerprint density at radius 1 is 1.10 bits per heavy atom. The Balaban J connectivity index is 1.77. The summed E-state index contributed by atoms with van der Waals surface area (Å²) in [6, 6.07) is 7.49. The highest BCUT2D eigenvalue weighted by molar-refractivity contribution is 6.06. The van der Waals surface area contributed by atoms with Crippen LogP contribution in [0.2, 0.25) is 0 Å². The number of hydrogen-bond acceptors (Lipinski definition) is 3. The first kappa shape index (κ1) is 15.5. The molecule has 1 aliphatic heterocycles. The lowest BCUT2D eigenvalue weighted by molar-refractivity contribution is -0.125. The van der Waals surface area contributed by atoms with Gasteiger partial charge in [0.1, 0.15) is 5.75 Å². The molecule has 114 valence electrons. The molecule has 1 heterocycles. The molecule has 2 amide bonds. The summed E-state index contributed by atoms with van der Waals surface area (Å²) >= 11 is 0. The van der Waals surface area contributed by atoms with Crippen LogP contribution in [0.25, 0.3) is 0 Å². The van der Waals surface area contributed by atoms with Crippen molar-refractivity contribution in [3.05, 3.63) is 29.8 Å². The summed E-state index contributed by atoms with van der Waals surface area (Å²) in [4.78, 5) is 22.8. The van der Waals surface area contributed by atoms with E-state index in [0.29, 0.717) is 0 Å². The summed E-state index contributed by atoms with van der Waals surface area (Å²) < 4.78 is 5.68. The minimum absolute atomic E-state index is 0.197. The Hall–Kier alpha value is -1.84. The molecule has 1 saturated heterocycles. The SMILES string of the molecule is CCCCCCCOc1ccc([C@@H]2CC(=O)NC2=O)cc1. The van der Waals surface area contributed by atoms with Crippen molar-refractivity contribution in [1.82, 2.24) is 5.32 Å². The number of rotatable bonds is 8. The molecule has 1 N–H and O–H groups in total. The third kappa shape index (κ3) is 4.59. The molecule has 0 unspecified atom stereocenters. The van der Waals surface area contributed by atoms with Crippen molar-refractivity contribution >= 4 is 11.8 Å². The topological polar surface area (TPSA) is 55.4 Å². The fourth-order valence-corrected chi connectivity index (χ4v) is 2.51. The van der Waals surface area contributed by atoms with Crippen molar-refractivity contribution in [2.75, 3.05) is 6.61 Å². The van der Waals surface area contributed by atoms with Crippen molar-refractivity contribution in [2.45, 2.75) is 51.4 Å². The highest BCUT2D eigenvalue weighted by Crippen LogP contribution is 2.26. The Morgan fingerprint density at radius 3 is 2.43 bits per heavy atom. The number of ether oxygens (including phenoxy) is 1. The zero-order valence-corrected chi connectivity index (χ0v) is 12.6. The third-order valence-electron chi connectivity index (χ3n) is 3.77. The van der Waals surface area contributed by atoms with Crippen LogP contribution in [0, 0.1) is 0 Å². The highest BCUT2D eigenvalue weighted by Gasteiger charge is 2.31. The fourth-order valence-electron chi connectivity index (χ4n) is 2.51. The number of hydrogen-bond donors (Lipinski definition) is 1. The van der Waals surface area contributed by atoms with Gasteiger partial charge in [-0.25, -0.2) is 0 Å². The van der Waals surface area contributed by atoms with Gasteiger partial charge in [-0.2, -0.15) is 0 Å². The Kier molecular flexibility index (Phi) is 5.78. The van der Waals surface area contributed by atoms with E-state index >= 15 is 0 Å². The van der Waals surface area contributed by atoms with Crippen molar-refractivity contribution in [2.24, 2.45) is 0 Å². The van der Waals surface area contributed by atoms with E-state index in [9.17, 15) is 9.59 Å². The average Bonchev–Trinajstić information content (AvgIpc) is 2.82. The molecule has 0 bridgehead atoms. The summed E-state index contributed by atoms with van der Waals surface area (Å²) in [6.07, 6.45) is 6.33. The number of carbonyl (C=O) groups excluding carboxylic acids is 2. The maximum absolute atomic E-state index is 11.6. The molecule has 2 rings (SSSR count). The molecular weight excluding hydrogens is 266 g/mol.